The summed E-state index contributed by atoms with van der Waals surface area (Å²) in [6, 6.07) is 6.02. The molecule has 0 atom stereocenters. The number of nitrogens with zero attached hydrogens (tertiary/aromatic N) is 2. The quantitative estimate of drug-likeness (QED) is 0.608. The summed E-state index contributed by atoms with van der Waals surface area (Å²) in [5.74, 6) is -1.08. The van der Waals surface area contributed by atoms with Gasteiger partial charge in [0, 0.05) is 29.8 Å². The molecule has 0 aliphatic heterocycles. The van der Waals surface area contributed by atoms with E-state index in [1.807, 2.05) is 0 Å². The molecular weight excluding hydrogens is 332 g/mol. The van der Waals surface area contributed by atoms with Crippen molar-refractivity contribution >= 4 is 21.7 Å². The second-order valence-electron chi connectivity index (χ2n) is 4.90. The van der Waals surface area contributed by atoms with Crippen molar-refractivity contribution in [2.24, 2.45) is 16.5 Å². The smallest absolute Gasteiger partial charge is 0.283 e. The summed E-state index contributed by atoms with van der Waals surface area (Å²) in [5, 5.41) is 0. The van der Waals surface area contributed by atoms with Crippen molar-refractivity contribution in [1.29, 1.82) is 0 Å². The zero-order valence-electron chi connectivity index (χ0n) is 13.1. The molecule has 0 fully saturated rings. The van der Waals surface area contributed by atoms with Gasteiger partial charge in [0.15, 0.2) is 15.8 Å². The maximum atomic E-state index is 12.2. The number of guanidine groups is 1. The second kappa shape index (κ2) is 6.67. The number of amides is 1. The zero-order valence-corrected chi connectivity index (χ0v) is 13.9. The van der Waals surface area contributed by atoms with Gasteiger partial charge in [0.1, 0.15) is 5.75 Å². The highest BCUT2D eigenvalue weighted by Gasteiger charge is 2.22. The Morgan fingerprint density at radius 3 is 2.50 bits per heavy atom. The summed E-state index contributed by atoms with van der Waals surface area (Å²) >= 11 is 0. The first-order valence-electron chi connectivity index (χ1n) is 6.70. The molecule has 0 radical (unpaired) electrons. The number of hydrogen-bond donors (Lipinski definition) is 2. The van der Waals surface area contributed by atoms with Crippen LogP contribution in [0.15, 0.2) is 46.5 Å². The minimum Gasteiger partial charge on any atom is -0.496 e. The average Bonchev–Trinajstić information content (AvgIpc) is 2.52. The van der Waals surface area contributed by atoms with Crippen LogP contribution in [0.2, 0.25) is 0 Å². The van der Waals surface area contributed by atoms with Crippen LogP contribution in [0.4, 0.5) is 0 Å². The van der Waals surface area contributed by atoms with Gasteiger partial charge in [-0.15, -0.1) is 0 Å². The standard InChI is InChI=1S/C15H16N4O4S/c1-23-12-6-10(9-4-3-5-18-8-9)13(24(2,21)22)7-11(12)14(20)19-15(16)17/h3-8H,1-2H3,(H4,16,17,19,20). The monoisotopic (exact) mass is 348 g/mol. The fraction of sp³-hybridized carbons (Fsp3) is 0.133. The topological polar surface area (TPSA) is 138 Å². The lowest BCUT2D eigenvalue weighted by atomic mass is 10.0. The van der Waals surface area contributed by atoms with Crippen LogP contribution in [0.25, 0.3) is 11.1 Å². The molecule has 1 aromatic heterocycles. The Balaban J connectivity index is 2.79. The summed E-state index contributed by atoms with van der Waals surface area (Å²) in [6.45, 7) is 0. The van der Waals surface area contributed by atoms with Crippen molar-refractivity contribution in [2.45, 2.75) is 4.90 Å². The molecule has 0 aliphatic rings. The molecule has 2 rings (SSSR count). The van der Waals surface area contributed by atoms with Gasteiger partial charge in [-0.05, 0) is 18.2 Å². The van der Waals surface area contributed by atoms with E-state index in [9.17, 15) is 13.2 Å². The molecular formula is C15H16N4O4S. The fourth-order valence-electron chi connectivity index (χ4n) is 2.13. The Morgan fingerprint density at radius 1 is 1.29 bits per heavy atom. The Kier molecular flexibility index (Phi) is 4.84. The number of rotatable bonds is 4. The molecule has 0 saturated carbocycles. The largest absolute Gasteiger partial charge is 0.496 e. The van der Waals surface area contributed by atoms with E-state index in [0.29, 0.717) is 11.1 Å². The van der Waals surface area contributed by atoms with E-state index < -0.39 is 21.7 Å². The normalized spacial score (nSPS) is 10.9. The third kappa shape index (κ3) is 3.69. The van der Waals surface area contributed by atoms with Crippen molar-refractivity contribution in [3.8, 4) is 16.9 Å². The Labute approximate surface area is 139 Å². The summed E-state index contributed by atoms with van der Waals surface area (Å²) in [7, 11) is -2.28. The predicted molar refractivity (Wildman–Crippen MR) is 89.5 cm³/mol. The molecule has 1 aromatic carbocycles. The molecule has 2 aromatic rings. The number of aliphatic imine (C=N–C) groups is 1. The summed E-state index contributed by atoms with van der Waals surface area (Å²) in [6.07, 6.45) is 4.13. The van der Waals surface area contributed by atoms with Gasteiger partial charge >= 0.3 is 0 Å². The average molecular weight is 348 g/mol. The lowest BCUT2D eigenvalue weighted by Gasteiger charge is -2.13. The van der Waals surface area contributed by atoms with Gasteiger partial charge in [-0.1, -0.05) is 6.07 Å². The van der Waals surface area contributed by atoms with E-state index in [4.69, 9.17) is 16.2 Å². The van der Waals surface area contributed by atoms with E-state index in [2.05, 4.69) is 9.98 Å². The van der Waals surface area contributed by atoms with Crippen molar-refractivity contribution in [3.63, 3.8) is 0 Å². The van der Waals surface area contributed by atoms with E-state index in [1.165, 1.54) is 25.4 Å². The summed E-state index contributed by atoms with van der Waals surface area (Å²) in [5.41, 5.74) is 11.3. The van der Waals surface area contributed by atoms with Gasteiger partial charge in [-0.25, -0.2) is 8.42 Å². The highest BCUT2D eigenvalue weighted by atomic mass is 32.2. The van der Waals surface area contributed by atoms with Crippen LogP contribution in [-0.2, 0) is 9.84 Å². The number of ether oxygens (including phenoxy) is 1. The van der Waals surface area contributed by atoms with Gasteiger partial charge in [0.2, 0.25) is 0 Å². The third-order valence-electron chi connectivity index (χ3n) is 3.13. The van der Waals surface area contributed by atoms with Crippen LogP contribution >= 0.6 is 0 Å². The fourth-order valence-corrected chi connectivity index (χ4v) is 3.04. The number of methoxy groups -OCH3 is 1. The number of sulfone groups is 1. The van der Waals surface area contributed by atoms with Crippen molar-refractivity contribution in [2.75, 3.05) is 13.4 Å². The van der Waals surface area contributed by atoms with E-state index in [0.717, 1.165) is 6.26 Å². The zero-order chi connectivity index (χ0) is 17.9. The molecule has 1 heterocycles. The van der Waals surface area contributed by atoms with Gasteiger partial charge in [-0.2, -0.15) is 4.99 Å². The van der Waals surface area contributed by atoms with Crippen LogP contribution in [-0.4, -0.2) is 38.6 Å². The SMILES string of the molecule is COc1cc(-c2cccnc2)c(S(C)(=O)=O)cc1C(=O)N=C(N)N. The highest BCUT2D eigenvalue weighted by Crippen LogP contribution is 2.34. The molecule has 8 nitrogen and oxygen atoms in total. The van der Waals surface area contributed by atoms with Gasteiger partial charge < -0.3 is 16.2 Å². The molecule has 126 valence electrons. The number of benzene rings is 1. The lowest BCUT2D eigenvalue weighted by Crippen LogP contribution is -2.24. The number of aromatic nitrogens is 1. The maximum Gasteiger partial charge on any atom is 0.283 e. The van der Waals surface area contributed by atoms with Crippen molar-refractivity contribution < 1.29 is 17.9 Å². The van der Waals surface area contributed by atoms with Crippen molar-refractivity contribution in [3.05, 3.63) is 42.2 Å². The van der Waals surface area contributed by atoms with Gasteiger partial charge in [0.25, 0.3) is 5.91 Å². The first kappa shape index (κ1) is 17.4. The molecule has 0 spiro atoms. The van der Waals surface area contributed by atoms with Crippen LogP contribution in [0.5, 0.6) is 5.75 Å². The summed E-state index contributed by atoms with van der Waals surface area (Å²) < 4.78 is 29.5. The molecule has 0 unspecified atom stereocenters. The number of carbonyl (C=O) groups excluding carboxylic acids is 1. The maximum absolute atomic E-state index is 12.2. The van der Waals surface area contributed by atoms with E-state index in [1.54, 1.807) is 18.3 Å². The molecule has 9 heteroatoms. The van der Waals surface area contributed by atoms with Gasteiger partial charge in [0.05, 0.1) is 17.6 Å². The molecule has 0 bridgehead atoms. The highest BCUT2D eigenvalue weighted by molar-refractivity contribution is 7.90. The lowest BCUT2D eigenvalue weighted by molar-refractivity contribution is 0.0999. The van der Waals surface area contributed by atoms with Gasteiger partial charge in [-0.3, -0.25) is 9.78 Å². The minimum atomic E-state index is -3.64. The second-order valence-corrected chi connectivity index (χ2v) is 6.89. The van der Waals surface area contributed by atoms with Crippen LogP contribution in [0.3, 0.4) is 0 Å². The molecule has 4 N–H and O–H groups in total. The number of pyridine rings is 1. The molecule has 24 heavy (non-hydrogen) atoms. The van der Waals surface area contributed by atoms with Crippen molar-refractivity contribution in [1.82, 2.24) is 4.98 Å². The van der Waals surface area contributed by atoms with E-state index in [-0.39, 0.29) is 16.2 Å². The molecule has 0 aliphatic carbocycles. The first-order valence-corrected chi connectivity index (χ1v) is 8.59. The van der Waals surface area contributed by atoms with Crippen LogP contribution in [0, 0.1) is 0 Å². The molecule has 1 amide bonds. The number of carbonyl (C=O) groups is 1. The first-order chi connectivity index (χ1) is 11.2. The minimum absolute atomic E-state index is 0.0505. The Hall–Kier alpha value is -2.94. The summed E-state index contributed by atoms with van der Waals surface area (Å²) in [4.78, 5) is 19.5. The van der Waals surface area contributed by atoms with Crippen LogP contribution in [0.1, 0.15) is 10.4 Å². The Morgan fingerprint density at radius 2 is 2.00 bits per heavy atom. The van der Waals surface area contributed by atoms with E-state index >= 15 is 0 Å². The number of nitrogens with two attached hydrogens (primary N) is 2. The predicted octanol–water partition coefficient (Wildman–Crippen LogP) is 0.574. The number of hydrogen-bond acceptors (Lipinski definition) is 5. The molecule has 0 saturated heterocycles. The third-order valence-corrected chi connectivity index (χ3v) is 4.27. The van der Waals surface area contributed by atoms with Crippen LogP contribution < -0.4 is 16.2 Å². The Bertz CT molecular complexity index is 905.